The molecule has 1 aromatic rings. The predicted octanol–water partition coefficient (Wildman–Crippen LogP) is 2.35. The lowest BCUT2D eigenvalue weighted by molar-refractivity contribution is -0.127. The summed E-state index contributed by atoms with van der Waals surface area (Å²) >= 11 is 0. The maximum atomic E-state index is 12.0. The van der Waals surface area contributed by atoms with Crippen molar-refractivity contribution in [3.63, 3.8) is 0 Å². The number of carbonyl (C=O) groups is 1. The molecule has 1 heterocycles. The van der Waals surface area contributed by atoms with Crippen LogP contribution in [-0.4, -0.2) is 48.4 Å². The van der Waals surface area contributed by atoms with Crippen molar-refractivity contribution in [1.29, 1.82) is 0 Å². The summed E-state index contributed by atoms with van der Waals surface area (Å²) in [5.41, 5.74) is 1.25. The van der Waals surface area contributed by atoms with E-state index in [0.717, 1.165) is 26.2 Å². The van der Waals surface area contributed by atoms with Crippen molar-refractivity contribution in [2.45, 2.75) is 26.2 Å². The molecule has 1 amide bonds. The Morgan fingerprint density at radius 2 is 1.90 bits per heavy atom. The highest BCUT2D eigenvalue weighted by molar-refractivity contribution is 5.80. The van der Waals surface area contributed by atoms with Gasteiger partial charge in [-0.3, -0.25) is 9.69 Å². The first-order valence-electron chi connectivity index (χ1n) is 7.75. The summed E-state index contributed by atoms with van der Waals surface area (Å²) in [6.45, 7) is 8.45. The fourth-order valence-corrected chi connectivity index (χ4v) is 2.64. The summed E-state index contributed by atoms with van der Waals surface area (Å²) in [5.74, 6) is 6.86. The highest BCUT2D eigenvalue weighted by Crippen LogP contribution is 2.27. The molecule has 0 aliphatic carbocycles. The molecule has 1 aromatic carbocycles. The molecule has 1 aliphatic rings. The van der Waals surface area contributed by atoms with Crippen LogP contribution >= 0.6 is 0 Å². The first-order valence-corrected chi connectivity index (χ1v) is 7.75. The maximum Gasteiger partial charge on any atom is 0.224 e. The van der Waals surface area contributed by atoms with E-state index in [4.69, 9.17) is 0 Å². The number of likely N-dealkylation sites (tertiary alicyclic amines) is 1. The molecule has 1 saturated heterocycles. The zero-order valence-corrected chi connectivity index (χ0v) is 13.0. The molecule has 21 heavy (non-hydrogen) atoms. The minimum Gasteiger partial charge on any atom is -0.331 e. The SMILES string of the molecule is CCN(CC)CC#CCN1CC(c2ccccc2)CC1=O. The zero-order valence-electron chi connectivity index (χ0n) is 13.0. The van der Waals surface area contributed by atoms with Gasteiger partial charge in [0.05, 0.1) is 13.1 Å². The number of nitrogens with zero attached hydrogens (tertiary/aromatic N) is 2. The molecular formula is C18H24N2O. The van der Waals surface area contributed by atoms with Crippen LogP contribution in [0.1, 0.15) is 31.7 Å². The minimum atomic E-state index is 0.223. The van der Waals surface area contributed by atoms with E-state index >= 15 is 0 Å². The van der Waals surface area contributed by atoms with Gasteiger partial charge >= 0.3 is 0 Å². The summed E-state index contributed by atoms with van der Waals surface area (Å²) in [7, 11) is 0. The number of hydrogen-bond acceptors (Lipinski definition) is 2. The Morgan fingerprint density at radius 1 is 1.19 bits per heavy atom. The van der Waals surface area contributed by atoms with Crippen molar-refractivity contribution in [1.82, 2.24) is 9.80 Å². The fraction of sp³-hybridized carbons (Fsp3) is 0.500. The van der Waals surface area contributed by atoms with Crippen molar-refractivity contribution in [2.75, 3.05) is 32.7 Å². The molecule has 0 radical (unpaired) electrons. The second-order valence-corrected chi connectivity index (χ2v) is 5.40. The second kappa shape index (κ2) is 7.85. The summed E-state index contributed by atoms with van der Waals surface area (Å²) in [6, 6.07) is 10.3. The standard InChI is InChI=1S/C18H24N2O/c1-3-19(4-2)12-8-9-13-20-15-17(14-18(20)21)16-10-6-5-7-11-16/h5-7,10-11,17H,3-4,12-15H2,1-2H3. The average Bonchev–Trinajstić information content (AvgIpc) is 2.89. The van der Waals surface area contributed by atoms with Gasteiger partial charge in [0.2, 0.25) is 5.91 Å². The van der Waals surface area contributed by atoms with Crippen LogP contribution in [-0.2, 0) is 4.79 Å². The van der Waals surface area contributed by atoms with Gasteiger partial charge in [0.15, 0.2) is 0 Å². The smallest absolute Gasteiger partial charge is 0.224 e. The Labute approximate surface area is 127 Å². The molecule has 1 unspecified atom stereocenters. The van der Waals surface area contributed by atoms with Crippen molar-refractivity contribution in [3.05, 3.63) is 35.9 Å². The number of benzene rings is 1. The zero-order chi connectivity index (χ0) is 15.1. The molecule has 112 valence electrons. The Kier molecular flexibility index (Phi) is 5.83. The average molecular weight is 284 g/mol. The molecule has 1 fully saturated rings. The largest absolute Gasteiger partial charge is 0.331 e. The number of amides is 1. The third-order valence-electron chi connectivity index (χ3n) is 4.08. The van der Waals surface area contributed by atoms with Gasteiger partial charge < -0.3 is 4.90 Å². The normalized spacial score (nSPS) is 18.0. The minimum absolute atomic E-state index is 0.223. The van der Waals surface area contributed by atoms with E-state index in [2.05, 4.69) is 42.7 Å². The molecular weight excluding hydrogens is 260 g/mol. The lowest BCUT2D eigenvalue weighted by Crippen LogP contribution is -2.26. The highest BCUT2D eigenvalue weighted by Gasteiger charge is 2.29. The molecule has 1 aliphatic heterocycles. The van der Waals surface area contributed by atoms with Crippen LogP contribution in [0.3, 0.4) is 0 Å². The summed E-state index contributed by atoms with van der Waals surface area (Å²) in [4.78, 5) is 16.2. The molecule has 0 bridgehead atoms. The van der Waals surface area contributed by atoms with Crippen LogP contribution < -0.4 is 0 Å². The topological polar surface area (TPSA) is 23.6 Å². The van der Waals surface area contributed by atoms with E-state index in [1.54, 1.807) is 0 Å². The van der Waals surface area contributed by atoms with Crippen LogP contribution in [0.5, 0.6) is 0 Å². The first kappa shape index (κ1) is 15.6. The maximum absolute atomic E-state index is 12.0. The number of hydrogen-bond donors (Lipinski definition) is 0. The van der Waals surface area contributed by atoms with Gasteiger partial charge in [-0.15, -0.1) is 0 Å². The molecule has 3 nitrogen and oxygen atoms in total. The van der Waals surface area contributed by atoms with Gasteiger partial charge in [-0.1, -0.05) is 56.0 Å². The fourth-order valence-electron chi connectivity index (χ4n) is 2.64. The van der Waals surface area contributed by atoms with Gasteiger partial charge in [-0.05, 0) is 18.7 Å². The molecule has 2 rings (SSSR count). The Hall–Kier alpha value is -1.79. The second-order valence-electron chi connectivity index (χ2n) is 5.40. The van der Waals surface area contributed by atoms with Gasteiger partial charge in [0.1, 0.15) is 0 Å². The molecule has 0 aromatic heterocycles. The van der Waals surface area contributed by atoms with E-state index < -0.39 is 0 Å². The van der Waals surface area contributed by atoms with E-state index in [9.17, 15) is 4.79 Å². The quantitative estimate of drug-likeness (QED) is 0.775. The van der Waals surface area contributed by atoms with Crippen molar-refractivity contribution in [2.24, 2.45) is 0 Å². The summed E-state index contributed by atoms with van der Waals surface area (Å²) in [5, 5.41) is 0. The van der Waals surface area contributed by atoms with Crippen LogP contribution in [0.2, 0.25) is 0 Å². The predicted molar refractivity (Wildman–Crippen MR) is 85.9 cm³/mol. The van der Waals surface area contributed by atoms with E-state index in [-0.39, 0.29) is 5.91 Å². The molecule has 1 atom stereocenters. The number of carbonyl (C=O) groups excluding carboxylic acids is 1. The van der Waals surface area contributed by atoms with Crippen LogP contribution in [0.25, 0.3) is 0 Å². The van der Waals surface area contributed by atoms with Gasteiger partial charge in [-0.25, -0.2) is 0 Å². The highest BCUT2D eigenvalue weighted by atomic mass is 16.2. The van der Waals surface area contributed by atoms with Crippen LogP contribution in [0.15, 0.2) is 30.3 Å². The van der Waals surface area contributed by atoms with Crippen LogP contribution in [0, 0.1) is 11.8 Å². The number of rotatable bonds is 5. The molecule has 0 N–H and O–H groups in total. The third-order valence-corrected chi connectivity index (χ3v) is 4.08. The summed E-state index contributed by atoms with van der Waals surface area (Å²) < 4.78 is 0. The van der Waals surface area contributed by atoms with E-state index in [1.165, 1.54) is 5.56 Å². The molecule has 0 spiro atoms. The van der Waals surface area contributed by atoms with Gasteiger partial charge in [-0.2, -0.15) is 0 Å². The lowest BCUT2D eigenvalue weighted by Gasteiger charge is -2.14. The summed E-state index contributed by atoms with van der Waals surface area (Å²) in [6.07, 6.45) is 0.613. The van der Waals surface area contributed by atoms with E-state index in [1.807, 2.05) is 23.1 Å². The Bertz CT molecular complexity index is 511. The lowest BCUT2D eigenvalue weighted by atomic mass is 9.99. The Morgan fingerprint density at radius 3 is 2.57 bits per heavy atom. The van der Waals surface area contributed by atoms with Gasteiger partial charge in [0, 0.05) is 18.9 Å². The van der Waals surface area contributed by atoms with Crippen molar-refractivity contribution >= 4 is 5.91 Å². The van der Waals surface area contributed by atoms with Crippen molar-refractivity contribution < 1.29 is 4.79 Å². The van der Waals surface area contributed by atoms with E-state index in [0.29, 0.717) is 18.9 Å². The first-order chi connectivity index (χ1) is 10.2. The van der Waals surface area contributed by atoms with Crippen molar-refractivity contribution in [3.8, 4) is 11.8 Å². The van der Waals surface area contributed by atoms with Gasteiger partial charge in [0.25, 0.3) is 0 Å². The Balaban J connectivity index is 1.85. The monoisotopic (exact) mass is 284 g/mol. The molecule has 0 saturated carbocycles. The third kappa shape index (κ3) is 4.34. The van der Waals surface area contributed by atoms with Crippen LogP contribution in [0.4, 0.5) is 0 Å². The molecule has 3 heteroatoms.